The van der Waals surface area contributed by atoms with Crippen LogP contribution in [-0.4, -0.2) is 24.1 Å². The first-order valence-corrected chi connectivity index (χ1v) is 9.90. The molecular weight excluding hydrogens is 354 g/mol. The highest BCUT2D eigenvalue weighted by molar-refractivity contribution is 5.90. The van der Waals surface area contributed by atoms with Crippen molar-refractivity contribution >= 4 is 17.6 Å². The maximum Gasteiger partial charge on any atom is 0.224 e. The maximum atomic E-state index is 11.8. The summed E-state index contributed by atoms with van der Waals surface area (Å²) in [7, 11) is 1.74. The van der Waals surface area contributed by atoms with E-state index in [0.29, 0.717) is 25.5 Å². The van der Waals surface area contributed by atoms with Crippen LogP contribution in [0.1, 0.15) is 56.2 Å². The highest BCUT2D eigenvalue weighted by Crippen LogP contribution is 2.15. The molecule has 0 aliphatic rings. The summed E-state index contributed by atoms with van der Waals surface area (Å²) < 4.78 is 5.41. The second kappa shape index (κ2) is 11.1. The number of aliphatic imine (C=N–C) groups is 1. The maximum absolute atomic E-state index is 11.8. The Morgan fingerprint density at radius 1 is 1.14 bits per heavy atom. The van der Waals surface area contributed by atoms with Crippen molar-refractivity contribution in [2.75, 3.05) is 12.4 Å². The molecular formula is C21H31N5O2. The zero-order chi connectivity index (χ0) is 20.4. The number of aryl methyl sites for hydroxylation is 2. The predicted octanol–water partition coefficient (Wildman–Crippen LogP) is 3.40. The summed E-state index contributed by atoms with van der Waals surface area (Å²) in [5, 5.41) is 13.7. The first-order chi connectivity index (χ1) is 13.6. The molecule has 0 spiro atoms. The SMILES string of the molecule is CCCC(=O)Nc1cccc(CNC(=NC)NCc2c(CC)noc2CC)c1. The predicted molar refractivity (Wildman–Crippen MR) is 112 cm³/mol. The average Bonchev–Trinajstić information content (AvgIpc) is 3.10. The van der Waals surface area contributed by atoms with Gasteiger partial charge in [-0.15, -0.1) is 0 Å². The number of amides is 1. The first-order valence-electron chi connectivity index (χ1n) is 9.90. The van der Waals surface area contributed by atoms with Crippen molar-refractivity contribution in [1.29, 1.82) is 0 Å². The molecule has 0 aliphatic heterocycles. The molecule has 152 valence electrons. The molecule has 0 atom stereocenters. The minimum atomic E-state index is 0.0391. The Bertz CT molecular complexity index is 776. The fourth-order valence-corrected chi connectivity index (χ4v) is 2.93. The number of guanidine groups is 1. The molecule has 7 nitrogen and oxygen atoms in total. The second-order valence-electron chi connectivity index (χ2n) is 6.52. The Balaban J connectivity index is 1.92. The van der Waals surface area contributed by atoms with Crippen LogP contribution >= 0.6 is 0 Å². The second-order valence-corrected chi connectivity index (χ2v) is 6.52. The van der Waals surface area contributed by atoms with Crippen LogP contribution in [0.4, 0.5) is 5.69 Å². The van der Waals surface area contributed by atoms with Gasteiger partial charge in [-0.05, 0) is 30.5 Å². The molecule has 2 aromatic rings. The third-order valence-corrected chi connectivity index (χ3v) is 4.41. The van der Waals surface area contributed by atoms with Gasteiger partial charge in [-0.2, -0.15) is 0 Å². The van der Waals surface area contributed by atoms with Gasteiger partial charge in [-0.25, -0.2) is 0 Å². The third kappa shape index (κ3) is 6.11. The van der Waals surface area contributed by atoms with Gasteiger partial charge in [0.25, 0.3) is 0 Å². The summed E-state index contributed by atoms with van der Waals surface area (Å²) >= 11 is 0. The molecule has 0 bridgehead atoms. The van der Waals surface area contributed by atoms with Crippen molar-refractivity contribution in [2.24, 2.45) is 4.99 Å². The largest absolute Gasteiger partial charge is 0.361 e. The molecule has 0 fully saturated rings. The van der Waals surface area contributed by atoms with Crippen molar-refractivity contribution in [1.82, 2.24) is 15.8 Å². The van der Waals surface area contributed by atoms with E-state index < -0.39 is 0 Å². The van der Waals surface area contributed by atoms with Crippen LogP contribution in [0.15, 0.2) is 33.8 Å². The number of hydrogen-bond donors (Lipinski definition) is 3. The summed E-state index contributed by atoms with van der Waals surface area (Å²) in [5.41, 5.74) is 3.96. The van der Waals surface area contributed by atoms with Crippen LogP contribution in [0, 0.1) is 0 Å². The standard InChI is InChI=1S/C21H31N5O2/c1-5-9-20(27)25-16-11-8-10-15(12-16)13-23-21(22-4)24-14-17-18(6-2)26-28-19(17)7-3/h8,10-12H,5-7,9,13-14H2,1-4H3,(H,25,27)(H2,22,23,24). The highest BCUT2D eigenvalue weighted by Gasteiger charge is 2.13. The van der Waals surface area contributed by atoms with Gasteiger partial charge in [0, 0.05) is 44.2 Å². The van der Waals surface area contributed by atoms with Crippen LogP contribution in [0.2, 0.25) is 0 Å². The summed E-state index contributed by atoms with van der Waals surface area (Å²) in [6.07, 6.45) is 3.01. The van der Waals surface area contributed by atoms with E-state index in [4.69, 9.17) is 4.52 Å². The van der Waals surface area contributed by atoms with E-state index in [9.17, 15) is 4.79 Å². The molecule has 1 aromatic heterocycles. The van der Waals surface area contributed by atoms with E-state index >= 15 is 0 Å². The Hall–Kier alpha value is -2.83. The van der Waals surface area contributed by atoms with E-state index in [1.807, 2.05) is 31.2 Å². The van der Waals surface area contributed by atoms with Crippen molar-refractivity contribution in [2.45, 2.75) is 59.5 Å². The number of nitrogens with zero attached hydrogens (tertiary/aromatic N) is 2. The molecule has 1 amide bonds. The lowest BCUT2D eigenvalue weighted by Crippen LogP contribution is -2.36. The highest BCUT2D eigenvalue weighted by atomic mass is 16.5. The molecule has 0 radical (unpaired) electrons. The van der Waals surface area contributed by atoms with Gasteiger partial charge in [-0.1, -0.05) is 38.1 Å². The van der Waals surface area contributed by atoms with Crippen molar-refractivity contribution in [3.05, 3.63) is 46.8 Å². The zero-order valence-corrected chi connectivity index (χ0v) is 17.3. The molecule has 1 heterocycles. The van der Waals surface area contributed by atoms with E-state index in [2.05, 4.69) is 39.9 Å². The van der Waals surface area contributed by atoms with Gasteiger partial charge in [-0.3, -0.25) is 9.79 Å². The summed E-state index contributed by atoms with van der Waals surface area (Å²) in [6, 6.07) is 7.82. The smallest absolute Gasteiger partial charge is 0.224 e. The van der Waals surface area contributed by atoms with Gasteiger partial charge >= 0.3 is 0 Å². The molecule has 2 rings (SSSR count). The number of hydrogen-bond acceptors (Lipinski definition) is 4. The number of nitrogens with one attached hydrogen (secondary N) is 3. The quantitative estimate of drug-likeness (QED) is 0.454. The Morgan fingerprint density at radius 2 is 1.93 bits per heavy atom. The number of benzene rings is 1. The van der Waals surface area contributed by atoms with Crippen molar-refractivity contribution in [3.63, 3.8) is 0 Å². The van der Waals surface area contributed by atoms with Gasteiger partial charge in [0.2, 0.25) is 5.91 Å². The molecule has 28 heavy (non-hydrogen) atoms. The molecule has 0 unspecified atom stereocenters. The number of carbonyl (C=O) groups is 1. The van der Waals surface area contributed by atoms with Gasteiger partial charge < -0.3 is 20.5 Å². The van der Waals surface area contributed by atoms with Gasteiger partial charge in [0.05, 0.1) is 5.69 Å². The summed E-state index contributed by atoms with van der Waals surface area (Å²) in [5.74, 6) is 1.65. The van der Waals surface area contributed by atoms with Crippen LogP contribution < -0.4 is 16.0 Å². The summed E-state index contributed by atoms with van der Waals surface area (Å²) in [6.45, 7) is 7.33. The van der Waals surface area contributed by atoms with Crippen molar-refractivity contribution in [3.8, 4) is 0 Å². The number of aromatic nitrogens is 1. The fraction of sp³-hybridized carbons (Fsp3) is 0.476. The lowest BCUT2D eigenvalue weighted by molar-refractivity contribution is -0.116. The molecule has 0 aliphatic carbocycles. The fourth-order valence-electron chi connectivity index (χ4n) is 2.93. The lowest BCUT2D eigenvalue weighted by Gasteiger charge is -2.13. The van der Waals surface area contributed by atoms with Crippen molar-refractivity contribution < 1.29 is 9.32 Å². The van der Waals surface area contributed by atoms with E-state index in [1.54, 1.807) is 7.05 Å². The topological polar surface area (TPSA) is 91.5 Å². The normalized spacial score (nSPS) is 11.4. The Morgan fingerprint density at radius 3 is 2.61 bits per heavy atom. The number of anilines is 1. The molecule has 0 saturated heterocycles. The Kier molecular flexibility index (Phi) is 8.52. The minimum absolute atomic E-state index is 0.0391. The van der Waals surface area contributed by atoms with Crippen LogP contribution in [-0.2, 0) is 30.7 Å². The summed E-state index contributed by atoms with van der Waals surface area (Å²) in [4.78, 5) is 16.1. The molecule has 1 aromatic carbocycles. The molecule has 0 saturated carbocycles. The van der Waals surface area contributed by atoms with Crippen LogP contribution in [0.3, 0.4) is 0 Å². The van der Waals surface area contributed by atoms with E-state index in [0.717, 1.165) is 47.5 Å². The van der Waals surface area contributed by atoms with E-state index in [-0.39, 0.29) is 5.91 Å². The monoisotopic (exact) mass is 385 g/mol. The number of rotatable bonds is 9. The Labute approximate surface area is 167 Å². The van der Waals surface area contributed by atoms with Crippen LogP contribution in [0.5, 0.6) is 0 Å². The minimum Gasteiger partial charge on any atom is -0.361 e. The number of carbonyl (C=O) groups excluding carboxylic acids is 1. The first kappa shape index (κ1) is 21.5. The molecule has 7 heteroatoms. The molecule has 3 N–H and O–H groups in total. The lowest BCUT2D eigenvalue weighted by atomic mass is 10.1. The van der Waals surface area contributed by atoms with Crippen LogP contribution in [0.25, 0.3) is 0 Å². The van der Waals surface area contributed by atoms with Gasteiger partial charge in [0.1, 0.15) is 5.76 Å². The third-order valence-electron chi connectivity index (χ3n) is 4.41. The average molecular weight is 386 g/mol. The van der Waals surface area contributed by atoms with E-state index in [1.165, 1.54) is 0 Å². The van der Waals surface area contributed by atoms with Gasteiger partial charge in [0.15, 0.2) is 5.96 Å². The zero-order valence-electron chi connectivity index (χ0n) is 17.3.